The molecule has 8 aromatic heterocycles. The molecule has 0 radical (unpaired) electrons. The van der Waals surface area contributed by atoms with Gasteiger partial charge in [0.25, 0.3) is 0 Å². The monoisotopic (exact) mass is 1600 g/mol. The standard InChI is InChI=1S/C21H25ClN6O.C20H20ClFN6.C20H21ClN6O.C18H19ClN6O.10H2/c1-13-9-17(27-26-13)23-16-10-18(28-11-21(29,12-28)20(2,3)4)25-19(24-16)14-7-5-6-8-15(14)22;1-12-8-17(27-26-12)23-16-9-18(28-10-20(22,11-28)13-6-7-13)25-19(24-16)14-4-2-3-5-15(14)21;1-12-8-17(26-25-12)22-16-9-18(27-10-20(28,11-27)13-6-7-13)24-19(23-16)14-4-2-3-5-15(14)21;1-11-7-15(24-23-11)20-14-8-16(25-9-18(2,26)10-25)22-17(21-14)12-5-3-4-6-13(12)19;;;;;;;;;;/h5-10,29H,11-12H2,1-4H3,(H2,23,24,25,26,27);2-5,8-9,13H,6-7,10-11H2,1H3,(H2,23,24,25,26,27);2-5,8-9,13,28H,6-7,10-11H2,1H3,(H2,22,23,24,25,26);3-8,26H,9-10H2,1-2H3,(H2,20,21,22,23,24);10*1H. The highest BCUT2D eigenvalue weighted by Gasteiger charge is 2.55. The lowest BCUT2D eigenvalue weighted by atomic mass is 9.71. The van der Waals surface area contributed by atoms with Crippen LogP contribution < -0.4 is 40.9 Å². The average Bonchev–Trinajstić information content (AvgIpc) is 1.72. The summed E-state index contributed by atoms with van der Waals surface area (Å²) in [5.41, 5.74) is 3.49. The quantitative estimate of drug-likeness (QED) is 0.0380. The summed E-state index contributed by atoms with van der Waals surface area (Å²) < 4.78 is 14.8. The molecule has 0 unspecified atom stereocenters. The number of H-pyrrole nitrogens is 4. The van der Waals surface area contributed by atoms with Crippen molar-refractivity contribution in [2.24, 2.45) is 17.3 Å². The van der Waals surface area contributed by atoms with Gasteiger partial charge in [0.15, 0.2) is 46.6 Å². The molecule has 0 spiro atoms. The molecule has 2 saturated carbocycles. The molecule has 27 nitrogen and oxygen atoms in total. The van der Waals surface area contributed by atoms with Gasteiger partial charge in [0, 0.05) is 121 Å². The maximum Gasteiger partial charge on any atom is 0.165 e. The summed E-state index contributed by atoms with van der Waals surface area (Å²) in [7, 11) is 0. The van der Waals surface area contributed by atoms with E-state index in [9.17, 15) is 19.7 Å². The summed E-state index contributed by atoms with van der Waals surface area (Å²) in [5, 5.41) is 75.2. The third-order valence-corrected chi connectivity index (χ3v) is 21.6. The molecule has 0 atom stereocenters. The van der Waals surface area contributed by atoms with Gasteiger partial charge in [-0.1, -0.05) is 116 Å². The van der Waals surface area contributed by atoms with Crippen molar-refractivity contribution < 1.29 is 34.0 Å². The van der Waals surface area contributed by atoms with Crippen molar-refractivity contribution in [1.29, 1.82) is 0 Å². The molecule has 4 saturated heterocycles. The predicted octanol–water partition coefficient (Wildman–Crippen LogP) is 17.8. The van der Waals surface area contributed by atoms with Crippen LogP contribution in [0.4, 0.5) is 74.2 Å². The maximum absolute atomic E-state index is 14.8. The zero-order chi connectivity index (χ0) is 77.7. The fourth-order valence-electron chi connectivity index (χ4n) is 13.6. The number of aromatic amines is 4. The van der Waals surface area contributed by atoms with E-state index in [0.29, 0.717) is 154 Å². The zero-order valence-corrected chi connectivity index (χ0v) is 65.4. The van der Waals surface area contributed by atoms with Crippen LogP contribution in [0, 0.1) is 44.9 Å². The molecule has 0 bridgehead atoms. The van der Waals surface area contributed by atoms with Crippen LogP contribution in [-0.4, -0.2) is 171 Å². The molecule has 0 amide bonds. The molecule has 6 aliphatic rings. The Morgan fingerprint density at radius 1 is 0.387 bits per heavy atom. The summed E-state index contributed by atoms with van der Waals surface area (Å²) in [5.74, 6) is 10.8. The topological polar surface area (TPSA) is 340 Å². The number of nitrogens with one attached hydrogen (secondary N) is 8. The normalized spacial score (nSPS) is 16.9. The molecule has 11 N–H and O–H groups in total. The maximum atomic E-state index is 14.8. The van der Waals surface area contributed by atoms with Crippen molar-refractivity contribution in [2.75, 3.05) is 93.2 Å². The van der Waals surface area contributed by atoms with E-state index in [0.717, 1.165) is 88.2 Å². The van der Waals surface area contributed by atoms with Gasteiger partial charge in [0.2, 0.25) is 0 Å². The van der Waals surface area contributed by atoms with Crippen molar-refractivity contribution in [3.63, 3.8) is 0 Å². The lowest BCUT2D eigenvalue weighted by Crippen LogP contribution is -2.68. The van der Waals surface area contributed by atoms with Gasteiger partial charge in [-0.25, -0.2) is 44.3 Å². The molecule has 594 valence electrons. The van der Waals surface area contributed by atoms with E-state index in [1.807, 2.05) is 210 Å². The number of hydrogen-bond donors (Lipinski definition) is 11. The molecule has 2 aliphatic carbocycles. The van der Waals surface area contributed by atoms with Crippen LogP contribution in [0.5, 0.6) is 0 Å². The van der Waals surface area contributed by atoms with E-state index in [1.54, 1.807) is 6.07 Å². The lowest BCUT2D eigenvalue weighted by molar-refractivity contribution is -0.0791. The first-order valence-corrected chi connectivity index (χ1v) is 38.1. The number of aromatic nitrogens is 16. The Morgan fingerprint density at radius 2 is 0.658 bits per heavy atom. The highest BCUT2D eigenvalue weighted by Crippen LogP contribution is 2.50. The van der Waals surface area contributed by atoms with Gasteiger partial charge in [0.1, 0.15) is 63.4 Å². The van der Waals surface area contributed by atoms with Crippen LogP contribution in [0.1, 0.15) is 90.4 Å². The Labute approximate surface area is 675 Å². The number of halogens is 5. The number of aryl methyl sites for hydroxylation is 4. The predicted molar refractivity (Wildman–Crippen MR) is 456 cm³/mol. The Hall–Kier alpha value is -10.6. The van der Waals surface area contributed by atoms with Crippen molar-refractivity contribution in [3.05, 3.63) is 188 Å². The summed E-state index contributed by atoms with van der Waals surface area (Å²) in [4.78, 5) is 45.4. The van der Waals surface area contributed by atoms with E-state index in [-0.39, 0.29) is 25.6 Å². The molecule has 12 heterocycles. The Kier molecular flexibility index (Phi) is 20.9. The fourth-order valence-corrected chi connectivity index (χ4v) is 14.5. The molecule has 4 aliphatic heterocycles. The second-order valence-electron chi connectivity index (χ2n) is 30.8. The Bertz CT molecular complexity index is 5230. The van der Waals surface area contributed by atoms with Gasteiger partial charge < -0.3 is 56.2 Å². The van der Waals surface area contributed by atoms with Crippen LogP contribution in [0.3, 0.4) is 0 Å². The summed E-state index contributed by atoms with van der Waals surface area (Å²) in [6.07, 6.45) is 4.21. The van der Waals surface area contributed by atoms with Crippen molar-refractivity contribution in [3.8, 4) is 45.6 Å². The van der Waals surface area contributed by atoms with Crippen LogP contribution in [0.25, 0.3) is 45.6 Å². The van der Waals surface area contributed by atoms with Crippen molar-refractivity contribution in [1.82, 2.24) is 80.7 Å². The lowest BCUT2D eigenvalue weighted by Gasteiger charge is -2.54. The number of aliphatic hydroxyl groups is 3. The minimum Gasteiger partial charge on any atom is -0.386 e. The Morgan fingerprint density at radius 3 is 0.910 bits per heavy atom. The number of hydrogen-bond acceptors (Lipinski definition) is 23. The second kappa shape index (κ2) is 30.6. The van der Waals surface area contributed by atoms with E-state index >= 15 is 0 Å². The zero-order valence-electron chi connectivity index (χ0n) is 62.4. The van der Waals surface area contributed by atoms with Gasteiger partial charge in [-0.05, 0) is 126 Å². The van der Waals surface area contributed by atoms with Gasteiger partial charge in [-0.15, -0.1) is 0 Å². The molecule has 6 fully saturated rings. The first-order chi connectivity index (χ1) is 53.0. The summed E-state index contributed by atoms with van der Waals surface area (Å²) in [6.45, 7) is 19.7. The smallest absolute Gasteiger partial charge is 0.165 e. The molecular weight excluding hydrogens is 1490 g/mol. The average molecular weight is 1600 g/mol. The van der Waals surface area contributed by atoms with Gasteiger partial charge in [-0.2, -0.15) is 20.4 Å². The number of alkyl halides is 1. The number of nitrogens with zero attached hydrogens (tertiary/aromatic N) is 16. The molecule has 4 aromatic carbocycles. The third-order valence-electron chi connectivity index (χ3n) is 20.3. The van der Waals surface area contributed by atoms with Crippen LogP contribution in [-0.2, 0) is 0 Å². The van der Waals surface area contributed by atoms with Crippen molar-refractivity contribution in [2.45, 2.75) is 104 Å². The minimum absolute atomic E-state index is 0. The molecular formula is C79H105Cl4FN24O3. The van der Waals surface area contributed by atoms with Crippen LogP contribution in [0.15, 0.2) is 146 Å². The molecule has 18 rings (SSSR count). The second-order valence-corrected chi connectivity index (χ2v) is 32.4. The molecule has 111 heavy (non-hydrogen) atoms. The SMILES string of the molecule is Cc1cc(Nc2cc(N3CC(C)(O)C3)nc(-c3ccccc3Cl)n2)n[nH]1.Cc1cc(Nc2cc(N3CC(F)(C4CC4)C3)nc(-c3ccccc3Cl)n2)n[nH]1.Cc1cc(Nc2cc(N3CC(O)(C(C)(C)C)C3)nc(-c3ccccc3Cl)n2)n[nH]1.Cc1cc(Nc2cc(N3CC(O)(C4CC4)C3)nc(-c3ccccc3Cl)n2)n[nH]1.[HH].[HH].[HH].[HH].[HH].[HH].[HH].[HH].[HH].[HH]. The Balaban J connectivity index is 0.000000279. The van der Waals surface area contributed by atoms with Gasteiger partial charge in [0.05, 0.1) is 65.0 Å². The van der Waals surface area contributed by atoms with E-state index in [1.165, 1.54) is 0 Å². The summed E-state index contributed by atoms with van der Waals surface area (Å²) in [6, 6.07) is 45.0. The first kappa shape index (κ1) is 75.8. The highest BCUT2D eigenvalue weighted by molar-refractivity contribution is 6.34. The number of benzene rings is 4. The number of rotatable bonds is 18. The van der Waals surface area contributed by atoms with Crippen molar-refractivity contribution >= 4 is 116 Å². The van der Waals surface area contributed by atoms with E-state index in [2.05, 4.69) is 96.9 Å². The minimum atomic E-state index is -1.08. The first-order valence-electron chi connectivity index (χ1n) is 36.6. The summed E-state index contributed by atoms with van der Waals surface area (Å²) >= 11 is 25.5. The molecule has 32 heteroatoms. The molecule has 12 aromatic rings. The largest absolute Gasteiger partial charge is 0.386 e. The van der Waals surface area contributed by atoms with Crippen LogP contribution >= 0.6 is 46.4 Å². The highest BCUT2D eigenvalue weighted by atomic mass is 35.5. The van der Waals surface area contributed by atoms with Gasteiger partial charge >= 0.3 is 0 Å². The van der Waals surface area contributed by atoms with Crippen LogP contribution in [0.2, 0.25) is 20.1 Å². The number of β-amino-alcohol motifs (C(OH)–C–C–N with tert-alkyl or cyclic N) is 3. The van der Waals surface area contributed by atoms with E-state index in [4.69, 9.17) is 56.4 Å². The number of anilines is 12. The van der Waals surface area contributed by atoms with E-state index < -0.39 is 22.5 Å². The van der Waals surface area contributed by atoms with Gasteiger partial charge in [-0.3, -0.25) is 20.4 Å². The third kappa shape index (κ3) is 17.5. The fraction of sp³-hybridized carbons (Fsp3) is 0.342.